The number of hydrogen-bond donors (Lipinski definition) is 3. The minimum absolute atomic E-state index is 0.0268. The number of alkyl halides is 3. The SMILES string of the molecule is C=Cc1ccc(-c2cnn([C@H]3[C@@H](O)[C@@H](CO)O[C@@H](c4nc(C)nn4-c4cc(Cl)ccc4C(F)(F)F)[C@@H]3O)c2)c(F)c1F. The Morgan fingerprint density at radius 2 is 1.86 bits per heavy atom. The van der Waals surface area contributed by atoms with Gasteiger partial charge in [-0.3, -0.25) is 4.68 Å². The Bertz CT molecular complexity index is 1640. The van der Waals surface area contributed by atoms with Crippen molar-refractivity contribution in [3.8, 4) is 16.8 Å². The van der Waals surface area contributed by atoms with Crippen molar-refractivity contribution in [3.63, 3.8) is 0 Å². The zero-order chi connectivity index (χ0) is 30.5. The Kier molecular flexibility index (Phi) is 7.94. The van der Waals surface area contributed by atoms with Gasteiger partial charge in [-0.2, -0.15) is 23.4 Å². The highest BCUT2D eigenvalue weighted by atomic mass is 35.5. The third-order valence-electron chi connectivity index (χ3n) is 6.93. The lowest BCUT2D eigenvalue weighted by Crippen LogP contribution is -2.53. The van der Waals surface area contributed by atoms with Gasteiger partial charge in [0.1, 0.15) is 36.3 Å². The summed E-state index contributed by atoms with van der Waals surface area (Å²) in [7, 11) is 0. The van der Waals surface area contributed by atoms with Gasteiger partial charge in [0.2, 0.25) is 0 Å². The highest BCUT2D eigenvalue weighted by Crippen LogP contribution is 2.41. The summed E-state index contributed by atoms with van der Waals surface area (Å²) >= 11 is 6.01. The third-order valence-corrected chi connectivity index (χ3v) is 7.16. The molecule has 0 radical (unpaired) electrons. The monoisotopic (exact) mass is 611 g/mol. The van der Waals surface area contributed by atoms with Crippen molar-refractivity contribution < 1.29 is 42.0 Å². The van der Waals surface area contributed by atoms with Gasteiger partial charge in [0.25, 0.3) is 0 Å². The molecule has 0 saturated carbocycles. The Labute approximate surface area is 240 Å². The molecule has 15 heteroatoms. The smallest absolute Gasteiger partial charge is 0.394 e. The van der Waals surface area contributed by atoms with Crippen LogP contribution in [0.2, 0.25) is 5.02 Å². The quantitative estimate of drug-likeness (QED) is 0.276. The largest absolute Gasteiger partial charge is 0.418 e. The second-order valence-electron chi connectivity index (χ2n) is 9.58. The molecular weight excluding hydrogens is 589 g/mol. The summed E-state index contributed by atoms with van der Waals surface area (Å²) < 4.78 is 78.5. The molecule has 9 nitrogen and oxygen atoms in total. The molecule has 1 aliphatic rings. The number of rotatable bonds is 6. The zero-order valence-electron chi connectivity index (χ0n) is 21.7. The summed E-state index contributed by atoms with van der Waals surface area (Å²) in [6.45, 7) is 4.08. The highest BCUT2D eigenvalue weighted by Gasteiger charge is 2.48. The number of aliphatic hydroxyl groups is 3. The van der Waals surface area contributed by atoms with E-state index in [2.05, 4.69) is 21.8 Å². The standard InChI is InChI=1S/C27H23ClF5N5O4/c1-3-13-4-6-16(21(30)20(13)29)14-9-34-37(10-14)22-23(40)19(11-39)42-25(24(22)41)26-35-12(2)36-38(26)18-8-15(28)5-7-17(18)27(31,32)33/h3-10,19,22-25,39-41H,1,11H2,2H3/t19-,22+,23+,24-,25-/m1/s1. The van der Waals surface area contributed by atoms with E-state index in [1.54, 1.807) is 0 Å². The maximum Gasteiger partial charge on any atom is 0.418 e. The topological polar surface area (TPSA) is 118 Å². The van der Waals surface area contributed by atoms with Crippen molar-refractivity contribution in [1.82, 2.24) is 24.5 Å². The van der Waals surface area contributed by atoms with Crippen molar-refractivity contribution in [2.75, 3.05) is 6.61 Å². The number of aryl methyl sites for hydroxylation is 1. The maximum atomic E-state index is 14.8. The summed E-state index contributed by atoms with van der Waals surface area (Å²) in [5.41, 5.74) is -1.71. The van der Waals surface area contributed by atoms with E-state index in [-0.39, 0.29) is 33.4 Å². The average molecular weight is 612 g/mol. The molecule has 0 spiro atoms. The van der Waals surface area contributed by atoms with Crippen molar-refractivity contribution in [2.24, 2.45) is 0 Å². The third kappa shape index (κ3) is 5.20. The molecule has 0 aliphatic carbocycles. The zero-order valence-corrected chi connectivity index (χ0v) is 22.4. The number of benzene rings is 2. The molecule has 0 unspecified atom stereocenters. The lowest BCUT2D eigenvalue weighted by atomic mass is 9.92. The van der Waals surface area contributed by atoms with Crippen molar-refractivity contribution in [1.29, 1.82) is 0 Å². The van der Waals surface area contributed by atoms with Crippen LogP contribution in [0, 0.1) is 18.6 Å². The Morgan fingerprint density at radius 1 is 1.12 bits per heavy atom. The van der Waals surface area contributed by atoms with Crippen molar-refractivity contribution in [3.05, 3.63) is 88.7 Å². The number of aromatic nitrogens is 5. The minimum Gasteiger partial charge on any atom is -0.394 e. The molecule has 222 valence electrons. The van der Waals surface area contributed by atoms with Gasteiger partial charge in [-0.05, 0) is 25.1 Å². The fourth-order valence-corrected chi connectivity index (χ4v) is 5.09. The number of nitrogens with zero attached hydrogens (tertiary/aromatic N) is 5. The van der Waals surface area contributed by atoms with Crippen LogP contribution in [0.25, 0.3) is 22.9 Å². The van der Waals surface area contributed by atoms with Gasteiger partial charge in [0.05, 0.1) is 24.1 Å². The van der Waals surface area contributed by atoms with E-state index >= 15 is 0 Å². The van der Waals surface area contributed by atoms with E-state index in [0.29, 0.717) is 0 Å². The Balaban J connectivity index is 1.58. The fourth-order valence-electron chi connectivity index (χ4n) is 4.93. The number of ether oxygens (including phenoxy) is 1. The van der Waals surface area contributed by atoms with E-state index in [1.807, 2.05) is 0 Å². The van der Waals surface area contributed by atoms with Crippen LogP contribution in [-0.2, 0) is 10.9 Å². The Morgan fingerprint density at radius 3 is 2.52 bits per heavy atom. The van der Waals surface area contributed by atoms with E-state index in [1.165, 1.54) is 31.5 Å². The first kappa shape index (κ1) is 29.8. The van der Waals surface area contributed by atoms with Crippen LogP contribution in [-0.4, -0.2) is 64.8 Å². The number of hydrogen-bond acceptors (Lipinski definition) is 7. The van der Waals surface area contributed by atoms with Gasteiger partial charge >= 0.3 is 6.18 Å². The molecule has 42 heavy (non-hydrogen) atoms. The molecule has 2 aromatic carbocycles. The minimum atomic E-state index is -4.81. The molecule has 4 aromatic rings. The molecule has 1 saturated heterocycles. The fraction of sp³-hybridized carbons (Fsp3) is 0.296. The predicted molar refractivity (Wildman–Crippen MR) is 140 cm³/mol. The molecule has 2 aromatic heterocycles. The van der Waals surface area contributed by atoms with E-state index in [0.717, 1.165) is 33.6 Å². The van der Waals surface area contributed by atoms with Crippen LogP contribution in [0.15, 0.2) is 49.3 Å². The molecule has 3 N–H and O–H groups in total. The van der Waals surface area contributed by atoms with Gasteiger partial charge in [-0.25, -0.2) is 18.4 Å². The van der Waals surface area contributed by atoms with Crippen molar-refractivity contribution >= 4 is 17.7 Å². The molecule has 5 atom stereocenters. The second kappa shape index (κ2) is 11.2. The van der Waals surface area contributed by atoms with Crippen LogP contribution in [0.3, 0.4) is 0 Å². The van der Waals surface area contributed by atoms with Crippen LogP contribution < -0.4 is 0 Å². The van der Waals surface area contributed by atoms with Gasteiger partial charge in [-0.1, -0.05) is 36.4 Å². The Hall–Kier alpha value is -3.69. The molecular formula is C27H23ClF5N5O4. The lowest BCUT2D eigenvalue weighted by molar-refractivity contribution is -0.210. The van der Waals surface area contributed by atoms with Gasteiger partial charge in [0, 0.05) is 27.9 Å². The molecule has 0 amide bonds. The summed E-state index contributed by atoms with van der Waals surface area (Å²) in [5, 5.41) is 40.5. The molecule has 1 aliphatic heterocycles. The van der Waals surface area contributed by atoms with E-state index < -0.39 is 66.1 Å². The van der Waals surface area contributed by atoms with Crippen molar-refractivity contribution in [2.45, 2.75) is 43.6 Å². The summed E-state index contributed by atoms with van der Waals surface area (Å²) in [6.07, 6.45) is -7.44. The van der Waals surface area contributed by atoms with Gasteiger partial charge in [-0.15, -0.1) is 0 Å². The summed E-state index contributed by atoms with van der Waals surface area (Å²) in [6, 6.07) is 4.11. The first-order valence-electron chi connectivity index (χ1n) is 12.4. The number of aliphatic hydroxyl groups excluding tert-OH is 3. The molecule has 5 rings (SSSR count). The predicted octanol–water partition coefficient (Wildman–Crippen LogP) is 4.43. The van der Waals surface area contributed by atoms with E-state index in [9.17, 15) is 37.3 Å². The normalized spacial score (nSPS) is 22.9. The first-order valence-corrected chi connectivity index (χ1v) is 12.8. The second-order valence-corrected chi connectivity index (χ2v) is 10.0. The van der Waals surface area contributed by atoms with Crippen LogP contribution in [0.5, 0.6) is 0 Å². The lowest BCUT2D eigenvalue weighted by Gasteiger charge is -2.42. The van der Waals surface area contributed by atoms with Crippen LogP contribution in [0.4, 0.5) is 22.0 Å². The summed E-state index contributed by atoms with van der Waals surface area (Å²) in [5.74, 6) is -2.55. The average Bonchev–Trinajstić information content (AvgIpc) is 3.56. The molecule has 1 fully saturated rings. The van der Waals surface area contributed by atoms with Crippen LogP contribution in [0.1, 0.15) is 34.9 Å². The van der Waals surface area contributed by atoms with Gasteiger partial charge < -0.3 is 20.1 Å². The van der Waals surface area contributed by atoms with Gasteiger partial charge in [0.15, 0.2) is 17.5 Å². The first-order chi connectivity index (χ1) is 19.8. The molecule has 3 heterocycles. The van der Waals surface area contributed by atoms with E-state index in [4.69, 9.17) is 16.3 Å². The number of halogens is 6. The van der Waals surface area contributed by atoms with Crippen LogP contribution >= 0.6 is 11.6 Å². The molecule has 0 bridgehead atoms. The maximum absolute atomic E-state index is 14.8. The highest BCUT2D eigenvalue weighted by molar-refractivity contribution is 6.30. The summed E-state index contributed by atoms with van der Waals surface area (Å²) in [4.78, 5) is 4.19.